The second-order valence-electron chi connectivity index (χ2n) is 3.29. The van der Waals surface area contributed by atoms with E-state index in [1.807, 2.05) is 0 Å². The molecule has 0 bridgehead atoms. The van der Waals surface area contributed by atoms with Gasteiger partial charge >= 0.3 is 76.8 Å². The Morgan fingerprint density at radius 3 is 2.00 bits per heavy atom. The molecule has 0 aromatic carbocycles. The Balaban J connectivity index is 3.74. The van der Waals surface area contributed by atoms with Gasteiger partial charge in [-0.25, -0.2) is 0 Å². The first-order valence-corrected chi connectivity index (χ1v) is 14.7. The van der Waals surface area contributed by atoms with E-state index in [1.165, 1.54) is 10.8 Å². The molecule has 54 valence electrons. The summed E-state index contributed by atoms with van der Waals surface area (Å²) in [5.41, 5.74) is 0. The summed E-state index contributed by atoms with van der Waals surface area (Å²) in [5.74, 6) is 0. The number of alkyl halides is 1. The van der Waals surface area contributed by atoms with Crippen molar-refractivity contribution in [3.05, 3.63) is 10.2 Å². The first kappa shape index (κ1) is 10.3. The molecule has 0 N–H and O–H groups in total. The van der Waals surface area contributed by atoms with E-state index < -0.39 is 18.4 Å². The Bertz CT molecular complexity index is 102. The van der Waals surface area contributed by atoms with Gasteiger partial charge in [0.25, 0.3) is 0 Å². The molecule has 9 heavy (non-hydrogen) atoms. The van der Waals surface area contributed by atoms with Crippen molar-refractivity contribution in [2.45, 2.75) is 21.2 Å². The zero-order valence-corrected chi connectivity index (χ0v) is 11.5. The van der Waals surface area contributed by atoms with Crippen LogP contribution >= 0.6 is 22.6 Å². The molecule has 0 spiro atoms. The van der Waals surface area contributed by atoms with Crippen molar-refractivity contribution < 1.29 is 0 Å². The Hall–Kier alpha value is 1.27. The van der Waals surface area contributed by atoms with Gasteiger partial charge < -0.3 is 0 Å². The van der Waals surface area contributed by atoms with E-state index in [2.05, 4.69) is 44.0 Å². The predicted molar refractivity (Wildman–Crippen MR) is 56.0 cm³/mol. The summed E-state index contributed by atoms with van der Waals surface area (Å²) in [5, 5.41) is 0. The van der Waals surface area contributed by atoms with Gasteiger partial charge in [0, 0.05) is 0 Å². The quantitative estimate of drug-likeness (QED) is 0.419. The summed E-state index contributed by atoms with van der Waals surface area (Å²) in [6.07, 6.45) is 1.25. The van der Waals surface area contributed by atoms with E-state index in [0.717, 1.165) is 0 Å². The Morgan fingerprint density at radius 1 is 1.44 bits per heavy atom. The van der Waals surface area contributed by atoms with E-state index >= 15 is 0 Å². The van der Waals surface area contributed by atoms with Gasteiger partial charge in [0.05, 0.1) is 0 Å². The fraction of sp³-hybridized carbons (Fsp3) is 0.714. The molecular formula is C7H15ISn. The molecule has 0 aliphatic heterocycles. The van der Waals surface area contributed by atoms with Crippen LogP contribution in [-0.2, 0) is 0 Å². The average Bonchev–Trinajstić information content (AvgIpc) is 1.64. The third kappa shape index (κ3) is 4.64. The summed E-state index contributed by atoms with van der Waals surface area (Å²) >= 11 is 0.773. The molecule has 0 fully saturated rings. The van der Waals surface area contributed by atoms with Crippen LogP contribution in [0.15, 0.2) is 10.2 Å². The second kappa shape index (κ2) is 4.21. The van der Waals surface area contributed by atoms with Gasteiger partial charge in [-0.1, -0.05) is 0 Å². The normalized spacial score (nSPS) is 11.6. The minimum absolute atomic E-state index is 1.24. The van der Waals surface area contributed by atoms with E-state index in [-0.39, 0.29) is 0 Å². The Kier molecular flexibility index (Phi) is 4.80. The molecule has 0 saturated heterocycles. The summed E-state index contributed by atoms with van der Waals surface area (Å²) in [6, 6.07) is 0. The van der Waals surface area contributed by atoms with Gasteiger partial charge in [-0.05, 0) is 0 Å². The van der Waals surface area contributed by atoms with E-state index in [0.29, 0.717) is 0 Å². The summed E-state index contributed by atoms with van der Waals surface area (Å²) in [7, 11) is 0. The molecule has 2 heteroatoms. The Labute approximate surface area is 76.1 Å². The fourth-order valence-corrected chi connectivity index (χ4v) is 5.09. The molecule has 0 aromatic rings. The van der Waals surface area contributed by atoms with Crippen LogP contribution in [0.5, 0.6) is 0 Å². The number of halogens is 1. The van der Waals surface area contributed by atoms with E-state index in [9.17, 15) is 0 Å². The topological polar surface area (TPSA) is 0 Å². The molecule has 0 nitrogen and oxygen atoms in total. The van der Waals surface area contributed by atoms with Crippen molar-refractivity contribution in [3.8, 4) is 0 Å². The number of allylic oxidation sites excluding steroid dienone is 1. The van der Waals surface area contributed by atoms with Gasteiger partial charge in [-0.2, -0.15) is 0 Å². The SMILES string of the molecule is C=[C](CCI)[Sn]([CH3])([CH3])[CH3]. The third-order valence-electron chi connectivity index (χ3n) is 1.46. The molecule has 0 aliphatic rings. The van der Waals surface area contributed by atoms with Crippen molar-refractivity contribution >= 4 is 41.0 Å². The van der Waals surface area contributed by atoms with Crippen molar-refractivity contribution in [2.24, 2.45) is 0 Å². The molecule has 0 atom stereocenters. The third-order valence-corrected chi connectivity index (χ3v) is 8.76. The minimum atomic E-state index is -1.64. The first-order chi connectivity index (χ1) is 3.98. The average molecular weight is 345 g/mol. The van der Waals surface area contributed by atoms with Gasteiger partial charge in [-0.3, -0.25) is 0 Å². The van der Waals surface area contributed by atoms with Crippen LogP contribution in [0.3, 0.4) is 0 Å². The molecule has 0 rings (SSSR count). The van der Waals surface area contributed by atoms with Crippen molar-refractivity contribution in [1.29, 1.82) is 0 Å². The van der Waals surface area contributed by atoms with Gasteiger partial charge in [0.15, 0.2) is 0 Å². The van der Waals surface area contributed by atoms with Crippen molar-refractivity contribution in [2.75, 3.05) is 4.43 Å². The maximum absolute atomic E-state index is 4.10. The molecular weight excluding hydrogens is 330 g/mol. The van der Waals surface area contributed by atoms with Crippen LogP contribution in [-0.4, -0.2) is 22.8 Å². The molecule has 0 amide bonds. The van der Waals surface area contributed by atoms with Crippen LogP contribution in [0.2, 0.25) is 14.8 Å². The Morgan fingerprint density at radius 2 is 1.89 bits per heavy atom. The standard InChI is InChI=1S/C4H6I.3CH3.Sn/c1-2-3-4-5;;;;/h1,3-4H2;3*1H3;. The summed E-state index contributed by atoms with van der Waals surface area (Å²) in [4.78, 5) is 7.26. The van der Waals surface area contributed by atoms with Crippen LogP contribution in [0.1, 0.15) is 6.42 Å². The molecule has 0 radical (unpaired) electrons. The fourth-order valence-electron chi connectivity index (χ4n) is 0.489. The van der Waals surface area contributed by atoms with E-state index in [1.54, 1.807) is 3.59 Å². The zero-order chi connectivity index (χ0) is 7.49. The molecule has 0 heterocycles. The van der Waals surface area contributed by atoms with Gasteiger partial charge in [0.1, 0.15) is 0 Å². The van der Waals surface area contributed by atoms with Crippen LogP contribution in [0.4, 0.5) is 0 Å². The van der Waals surface area contributed by atoms with Crippen molar-refractivity contribution in [3.63, 3.8) is 0 Å². The van der Waals surface area contributed by atoms with Crippen LogP contribution in [0, 0.1) is 0 Å². The van der Waals surface area contributed by atoms with Crippen molar-refractivity contribution in [1.82, 2.24) is 0 Å². The van der Waals surface area contributed by atoms with Gasteiger partial charge in [0.2, 0.25) is 0 Å². The van der Waals surface area contributed by atoms with E-state index in [4.69, 9.17) is 0 Å². The molecule has 0 aliphatic carbocycles. The molecule has 0 unspecified atom stereocenters. The summed E-state index contributed by atoms with van der Waals surface area (Å²) in [6.45, 7) is 4.10. The van der Waals surface area contributed by atoms with Crippen LogP contribution in [0.25, 0.3) is 0 Å². The number of hydrogen-bond acceptors (Lipinski definition) is 0. The molecule has 0 aromatic heterocycles. The second-order valence-corrected chi connectivity index (χ2v) is 19.2. The van der Waals surface area contributed by atoms with Crippen LogP contribution < -0.4 is 0 Å². The number of rotatable bonds is 3. The first-order valence-electron chi connectivity index (χ1n) is 3.22. The number of hydrogen-bond donors (Lipinski definition) is 0. The predicted octanol–water partition coefficient (Wildman–Crippen LogP) is 3.25. The molecule has 0 saturated carbocycles. The monoisotopic (exact) mass is 346 g/mol. The zero-order valence-electron chi connectivity index (χ0n) is 6.50. The maximum atomic E-state index is 4.10. The van der Waals surface area contributed by atoms with Gasteiger partial charge in [-0.15, -0.1) is 0 Å². The summed E-state index contributed by atoms with van der Waals surface area (Å²) < 4.78 is 2.81.